The molecule has 0 aliphatic carbocycles. The summed E-state index contributed by atoms with van der Waals surface area (Å²) in [6, 6.07) is 1.55. The summed E-state index contributed by atoms with van der Waals surface area (Å²) >= 11 is 3.22. The summed E-state index contributed by atoms with van der Waals surface area (Å²) in [5.41, 5.74) is 0. The molecule has 1 atom stereocenters. The second-order valence-corrected chi connectivity index (χ2v) is 7.42. The Morgan fingerprint density at radius 3 is 2.90 bits per heavy atom. The lowest BCUT2D eigenvalue weighted by Gasteiger charge is -2.22. The second kappa shape index (κ2) is 8.29. The Balaban J connectivity index is 0.00000200. The fourth-order valence-corrected chi connectivity index (χ4v) is 3.74. The molecule has 5 nitrogen and oxygen atoms in total. The lowest BCUT2D eigenvalue weighted by Crippen LogP contribution is -2.33. The summed E-state index contributed by atoms with van der Waals surface area (Å²) in [6.45, 7) is 2.54. The van der Waals surface area contributed by atoms with Crippen LogP contribution in [0.25, 0.3) is 0 Å². The molecule has 2 rings (SSSR count). The van der Waals surface area contributed by atoms with Crippen molar-refractivity contribution in [3.8, 4) is 0 Å². The first-order valence-electron chi connectivity index (χ1n) is 6.39. The van der Waals surface area contributed by atoms with Gasteiger partial charge in [0.05, 0.1) is 0 Å². The van der Waals surface area contributed by atoms with E-state index >= 15 is 0 Å². The van der Waals surface area contributed by atoms with Gasteiger partial charge >= 0.3 is 0 Å². The Bertz CT molecular complexity index is 521. The number of nitrogens with zero attached hydrogens (tertiary/aromatic N) is 1. The standard InChI is InChI=1S/C12H18BrN3O2S.ClH/c13-11-6-12(9-15-8-11)19(17,18)16-5-3-10-2-1-4-14-7-10;/h6,8-10,14,16H,1-5,7H2;1H. The van der Waals surface area contributed by atoms with Gasteiger partial charge in [0.1, 0.15) is 4.90 Å². The van der Waals surface area contributed by atoms with Gasteiger partial charge < -0.3 is 5.32 Å². The highest BCUT2D eigenvalue weighted by Crippen LogP contribution is 2.16. The summed E-state index contributed by atoms with van der Waals surface area (Å²) in [4.78, 5) is 4.07. The van der Waals surface area contributed by atoms with E-state index in [-0.39, 0.29) is 17.3 Å². The lowest BCUT2D eigenvalue weighted by molar-refractivity contribution is 0.358. The predicted molar refractivity (Wildman–Crippen MR) is 84.6 cm³/mol. The third kappa shape index (κ3) is 5.29. The fraction of sp³-hybridized carbons (Fsp3) is 0.583. The van der Waals surface area contributed by atoms with Crippen LogP contribution in [-0.2, 0) is 10.0 Å². The molecule has 2 heterocycles. The number of nitrogens with one attached hydrogen (secondary N) is 2. The maximum atomic E-state index is 12.0. The Kier molecular flexibility index (Phi) is 7.39. The van der Waals surface area contributed by atoms with E-state index in [4.69, 9.17) is 0 Å². The summed E-state index contributed by atoms with van der Waals surface area (Å²) < 4.78 is 27.4. The Hall–Kier alpha value is -0.210. The minimum absolute atomic E-state index is 0. The van der Waals surface area contributed by atoms with Gasteiger partial charge in [-0.3, -0.25) is 4.98 Å². The van der Waals surface area contributed by atoms with E-state index in [1.165, 1.54) is 19.0 Å². The Morgan fingerprint density at radius 2 is 2.25 bits per heavy atom. The van der Waals surface area contributed by atoms with Gasteiger partial charge in [0.25, 0.3) is 0 Å². The minimum Gasteiger partial charge on any atom is -0.316 e. The molecule has 0 aromatic carbocycles. The SMILES string of the molecule is Cl.O=S(=O)(NCCC1CCCNC1)c1cncc(Br)c1. The number of piperidine rings is 1. The van der Waals surface area contributed by atoms with E-state index in [1.54, 1.807) is 12.3 Å². The van der Waals surface area contributed by atoms with E-state index in [2.05, 4.69) is 31.0 Å². The van der Waals surface area contributed by atoms with Gasteiger partial charge in [0, 0.05) is 23.4 Å². The Labute approximate surface area is 134 Å². The van der Waals surface area contributed by atoms with Crippen molar-refractivity contribution in [2.45, 2.75) is 24.2 Å². The maximum absolute atomic E-state index is 12.0. The molecule has 1 aliphatic rings. The fourth-order valence-electron chi connectivity index (χ4n) is 2.19. The zero-order valence-corrected chi connectivity index (χ0v) is 14.2. The number of aromatic nitrogens is 1. The van der Waals surface area contributed by atoms with Crippen molar-refractivity contribution < 1.29 is 8.42 Å². The third-order valence-corrected chi connectivity index (χ3v) is 5.10. The van der Waals surface area contributed by atoms with Gasteiger partial charge in [0.2, 0.25) is 10.0 Å². The van der Waals surface area contributed by atoms with Gasteiger partial charge in [-0.2, -0.15) is 0 Å². The highest BCUT2D eigenvalue weighted by molar-refractivity contribution is 9.10. The molecule has 20 heavy (non-hydrogen) atoms. The average molecular weight is 385 g/mol. The first-order chi connectivity index (χ1) is 9.08. The van der Waals surface area contributed by atoms with E-state index in [0.29, 0.717) is 16.9 Å². The van der Waals surface area contributed by atoms with Crippen LogP contribution in [0.3, 0.4) is 0 Å². The predicted octanol–water partition coefficient (Wildman–Crippen LogP) is 1.93. The molecule has 1 aromatic heterocycles. The average Bonchev–Trinajstić information content (AvgIpc) is 2.40. The van der Waals surface area contributed by atoms with Crippen molar-refractivity contribution >= 4 is 38.4 Å². The minimum atomic E-state index is -3.45. The topological polar surface area (TPSA) is 71.1 Å². The molecule has 2 N–H and O–H groups in total. The zero-order chi connectivity index (χ0) is 13.7. The smallest absolute Gasteiger partial charge is 0.242 e. The van der Waals surface area contributed by atoms with Crippen LogP contribution in [0.1, 0.15) is 19.3 Å². The maximum Gasteiger partial charge on any atom is 0.242 e. The van der Waals surface area contributed by atoms with Crippen molar-refractivity contribution in [2.24, 2.45) is 5.92 Å². The zero-order valence-electron chi connectivity index (χ0n) is 11.0. The molecule has 0 amide bonds. The molecular formula is C12H19BrClN3O2S. The molecule has 1 unspecified atom stereocenters. The van der Waals surface area contributed by atoms with Crippen molar-refractivity contribution in [3.63, 3.8) is 0 Å². The number of sulfonamides is 1. The Morgan fingerprint density at radius 1 is 1.45 bits per heavy atom. The number of halogens is 2. The van der Waals surface area contributed by atoms with Crippen molar-refractivity contribution in [3.05, 3.63) is 22.9 Å². The number of rotatable bonds is 5. The van der Waals surface area contributed by atoms with Crippen LogP contribution >= 0.6 is 28.3 Å². The number of hydrogen-bond acceptors (Lipinski definition) is 4. The summed E-state index contributed by atoms with van der Waals surface area (Å²) in [5.74, 6) is 0.567. The second-order valence-electron chi connectivity index (χ2n) is 4.74. The highest BCUT2D eigenvalue weighted by Gasteiger charge is 2.17. The molecule has 114 valence electrons. The van der Waals surface area contributed by atoms with Gasteiger partial charge in [-0.05, 0) is 60.3 Å². The monoisotopic (exact) mass is 383 g/mol. The molecule has 1 fully saturated rings. The van der Waals surface area contributed by atoms with Crippen molar-refractivity contribution in [1.82, 2.24) is 15.0 Å². The molecule has 1 aliphatic heterocycles. The van der Waals surface area contributed by atoms with E-state index in [9.17, 15) is 8.42 Å². The number of hydrogen-bond donors (Lipinski definition) is 2. The van der Waals surface area contributed by atoms with Crippen LogP contribution in [-0.4, -0.2) is 33.0 Å². The van der Waals surface area contributed by atoms with Crippen LogP contribution in [0.2, 0.25) is 0 Å². The van der Waals surface area contributed by atoms with Gasteiger partial charge in [-0.1, -0.05) is 0 Å². The van der Waals surface area contributed by atoms with Crippen molar-refractivity contribution in [2.75, 3.05) is 19.6 Å². The lowest BCUT2D eigenvalue weighted by atomic mass is 9.96. The summed E-state index contributed by atoms with van der Waals surface area (Å²) in [6.07, 6.45) is 6.13. The number of pyridine rings is 1. The third-order valence-electron chi connectivity index (χ3n) is 3.23. The van der Waals surface area contributed by atoms with Crippen LogP contribution < -0.4 is 10.0 Å². The largest absolute Gasteiger partial charge is 0.316 e. The molecule has 1 aromatic rings. The molecule has 0 bridgehead atoms. The molecule has 8 heteroatoms. The molecule has 0 radical (unpaired) electrons. The normalized spacial score (nSPS) is 19.4. The first-order valence-corrected chi connectivity index (χ1v) is 8.66. The van der Waals surface area contributed by atoms with Crippen LogP contribution in [0.5, 0.6) is 0 Å². The van der Waals surface area contributed by atoms with Gasteiger partial charge in [0.15, 0.2) is 0 Å². The van der Waals surface area contributed by atoms with E-state index in [0.717, 1.165) is 19.5 Å². The van der Waals surface area contributed by atoms with E-state index in [1.807, 2.05) is 0 Å². The quantitative estimate of drug-likeness (QED) is 0.814. The summed E-state index contributed by atoms with van der Waals surface area (Å²) in [5, 5.41) is 3.33. The highest BCUT2D eigenvalue weighted by atomic mass is 79.9. The van der Waals surface area contributed by atoms with Crippen LogP contribution in [0.4, 0.5) is 0 Å². The van der Waals surface area contributed by atoms with E-state index < -0.39 is 10.0 Å². The van der Waals surface area contributed by atoms with Crippen molar-refractivity contribution in [1.29, 1.82) is 0 Å². The molecular weight excluding hydrogens is 366 g/mol. The van der Waals surface area contributed by atoms with Crippen LogP contribution in [0, 0.1) is 5.92 Å². The van der Waals surface area contributed by atoms with Crippen LogP contribution in [0.15, 0.2) is 27.8 Å². The first kappa shape index (κ1) is 17.8. The summed E-state index contributed by atoms with van der Waals surface area (Å²) in [7, 11) is -3.45. The molecule has 0 saturated carbocycles. The van der Waals surface area contributed by atoms with Gasteiger partial charge in [-0.15, -0.1) is 12.4 Å². The molecule has 1 saturated heterocycles. The molecule has 0 spiro atoms. The van der Waals surface area contributed by atoms with Gasteiger partial charge in [-0.25, -0.2) is 13.1 Å².